The van der Waals surface area contributed by atoms with Crippen molar-refractivity contribution >= 4 is 17.8 Å². The number of nitrogens with zero attached hydrogens (tertiary/aromatic N) is 2. The lowest BCUT2D eigenvalue weighted by Crippen LogP contribution is -2.37. The molecule has 0 aliphatic carbocycles. The number of carboxylic acid groups (broad SMARTS) is 1. The molecule has 7 nitrogen and oxygen atoms in total. The fourth-order valence-electron chi connectivity index (χ4n) is 2.81. The van der Waals surface area contributed by atoms with Gasteiger partial charge in [0.05, 0.1) is 0 Å². The van der Waals surface area contributed by atoms with E-state index in [0.717, 1.165) is 0 Å². The summed E-state index contributed by atoms with van der Waals surface area (Å²) < 4.78 is 5.07. The second kappa shape index (κ2) is 7.21. The highest BCUT2D eigenvalue weighted by Crippen LogP contribution is 2.14. The number of hydrogen-bond acceptors (Lipinski definition) is 4. The number of hydrogen-bond donors (Lipinski definition) is 1. The monoisotopic (exact) mass is 342 g/mol. The Bertz CT molecular complexity index is 784. The highest BCUT2D eigenvalue weighted by Gasteiger charge is 2.25. The molecule has 1 saturated heterocycles. The average Bonchev–Trinajstić information content (AvgIpc) is 3.00. The summed E-state index contributed by atoms with van der Waals surface area (Å²) in [6.45, 7) is 1.85. The maximum absolute atomic E-state index is 12.5. The molecule has 2 heterocycles. The Labute approximate surface area is 144 Å². The van der Waals surface area contributed by atoms with E-state index in [2.05, 4.69) is 0 Å². The molecule has 1 fully saturated rings. The minimum absolute atomic E-state index is 0.000218. The number of furan rings is 1. The number of amides is 2. The van der Waals surface area contributed by atoms with Gasteiger partial charge >= 0.3 is 5.97 Å². The molecular formula is C18H18N2O5. The first kappa shape index (κ1) is 16.8. The van der Waals surface area contributed by atoms with Gasteiger partial charge in [-0.3, -0.25) is 9.59 Å². The largest absolute Gasteiger partial charge is 0.475 e. The van der Waals surface area contributed by atoms with E-state index in [4.69, 9.17) is 9.52 Å². The van der Waals surface area contributed by atoms with Gasteiger partial charge in [-0.25, -0.2) is 4.79 Å². The summed E-state index contributed by atoms with van der Waals surface area (Å²) in [5.41, 5.74) is 0.624. The van der Waals surface area contributed by atoms with Crippen LogP contribution < -0.4 is 0 Å². The highest BCUT2D eigenvalue weighted by atomic mass is 16.4. The van der Waals surface area contributed by atoms with Crippen LogP contribution in [-0.4, -0.2) is 58.9 Å². The van der Waals surface area contributed by atoms with Gasteiger partial charge in [0, 0.05) is 31.7 Å². The molecule has 0 spiro atoms. The normalized spacial score (nSPS) is 14.9. The number of carboxylic acids is 1. The van der Waals surface area contributed by atoms with Crippen LogP contribution in [-0.2, 0) is 0 Å². The zero-order valence-electron chi connectivity index (χ0n) is 13.6. The van der Waals surface area contributed by atoms with Gasteiger partial charge in [-0.05, 0) is 30.7 Å². The van der Waals surface area contributed by atoms with Crippen molar-refractivity contribution in [1.82, 2.24) is 9.80 Å². The van der Waals surface area contributed by atoms with Crippen LogP contribution in [0.25, 0.3) is 0 Å². The van der Waals surface area contributed by atoms with E-state index < -0.39 is 5.97 Å². The molecule has 3 rings (SSSR count). The average molecular weight is 342 g/mol. The molecule has 25 heavy (non-hydrogen) atoms. The Kier molecular flexibility index (Phi) is 4.83. The van der Waals surface area contributed by atoms with Crippen LogP contribution in [0.5, 0.6) is 0 Å². The smallest absolute Gasteiger partial charge is 0.371 e. The van der Waals surface area contributed by atoms with Crippen molar-refractivity contribution in [3.63, 3.8) is 0 Å². The Morgan fingerprint density at radius 3 is 2.00 bits per heavy atom. The summed E-state index contributed by atoms with van der Waals surface area (Å²) in [4.78, 5) is 39.2. The van der Waals surface area contributed by atoms with E-state index in [1.165, 1.54) is 12.1 Å². The van der Waals surface area contributed by atoms with Crippen LogP contribution in [0.15, 0.2) is 46.9 Å². The molecule has 0 saturated carbocycles. The van der Waals surface area contributed by atoms with Crippen LogP contribution in [0.4, 0.5) is 0 Å². The topological polar surface area (TPSA) is 91.1 Å². The third-order valence-corrected chi connectivity index (χ3v) is 4.12. The molecule has 130 valence electrons. The number of benzene rings is 1. The van der Waals surface area contributed by atoms with Crippen molar-refractivity contribution in [3.05, 3.63) is 59.5 Å². The molecule has 1 aliphatic rings. The number of aromatic carboxylic acids is 1. The van der Waals surface area contributed by atoms with Crippen molar-refractivity contribution in [2.24, 2.45) is 0 Å². The third kappa shape index (κ3) is 3.71. The minimum atomic E-state index is -1.21. The molecule has 2 amide bonds. The Morgan fingerprint density at radius 2 is 1.40 bits per heavy atom. The van der Waals surface area contributed by atoms with Gasteiger partial charge in [-0.15, -0.1) is 0 Å². The van der Waals surface area contributed by atoms with Crippen molar-refractivity contribution in [1.29, 1.82) is 0 Å². The summed E-state index contributed by atoms with van der Waals surface area (Å²) in [6, 6.07) is 11.7. The van der Waals surface area contributed by atoms with Crippen LogP contribution in [0, 0.1) is 0 Å². The standard InChI is InChI=1S/C18H18N2O5/c21-16(13-5-2-1-3-6-13)19-9-4-10-20(12-11-19)17(22)14-7-8-15(25-14)18(23)24/h1-3,5-8H,4,9-12H2,(H,23,24). The molecule has 0 radical (unpaired) electrons. The Hall–Kier alpha value is -3.09. The van der Waals surface area contributed by atoms with Crippen molar-refractivity contribution < 1.29 is 23.9 Å². The lowest BCUT2D eigenvalue weighted by molar-refractivity contribution is 0.0645. The minimum Gasteiger partial charge on any atom is -0.475 e. The predicted molar refractivity (Wildman–Crippen MR) is 88.5 cm³/mol. The molecule has 1 aliphatic heterocycles. The molecule has 1 aromatic carbocycles. The Morgan fingerprint density at radius 1 is 0.800 bits per heavy atom. The van der Waals surface area contributed by atoms with E-state index >= 15 is 0 Å². The molecule has 0 atom stereocenters. The summed E-state index contributed by atoms with van der Waals surface area (Å²) in [5.74, 6) is -1.89. The molecule has 7 heteroatoms. The first-order valence-corrected chi connectivity index (χ1v) is 8.03. The number of carbonyl (C=O) groups is 3. The highest BCUT2D eigenvalue weighted by molar-refractivity contribution is 5.95. The summed E-state index contributed by atoms with van der Waals surface area (Å²) in [6.07, 6.45) is 0.650. The van der Waals surface area contributed by atoms with Crippen LogP contribution in [0.2, 0.25) is 0 Å². The Balaban J connectivity index is 1.65. The molecule has 0 bridgehead atoms. The predicted octanol–water partition coefficient (Wildman–Crippen LogP) is 1.97. The third-order valence-electron chi connectivity index (χ3n) is 4.12. The van der Waals surface area contributed by atoms with E-state index in [1.807, 2.05) is 18.2 Å². The SMILES string of the molecule is O=C(O)c1ccc(C(=O)N2CCCN(C(=O)c3ccccc3)CC2)o1. The molecular weight excluding hydrogens is 324 g/mol. The molecule has 1 N–H and O–H groups in total. The van der Waals surface area contributed by atoms with Gasteiger partial charge < -0.3 is 19.3 Å². The fraction of sp³-hybridized carbons (Fsp3) is 0.278. The van der Waals surface area contributed by atoms with Gasteiger partial charge in [0.25, 0.3) is 11.8 Å². The number of rotatable bonds is 3. The van der Waals surface area contributed by atoms with Crippen molar-refractivity contribution in [3.8, 4) is 0 Å². The van der Waals surface area contributed by atoms with Gasteiger partial charge in [0.2, 0.25) is 5.76 Å². The van der Waals surface area contributed by atoms with E-state index in [9.17, 15) is 14.4 Å². The summed E-state index contributed by atoms with van der Waals surface area (Å²) in [7, 11) is 0. The summed E-state index contributed by atoms with van der Waals surface area (Å²) in [5, 5.41) is 8.88. The quantitative estimate of drug-likeness (QED) is 0.921. The van der Waals surface area contributed by atoms with Crippen LogP contribution in [0.1, 0.15) is 37.9 Å². The van der Waals surface area contributed by atoms with Crippen LogP contribution >= 0.6 is 0 Å². The molecule has 0 unspecified atom stereocenters. The lowest BCUT2D eigenvalue weighted by atomic mass is 10.2. The van der Waals surface area contributed by atoms with Crippen molar-refractivity contribution in [2.75, 3.05) is 26.2 Å². The zero-order chi connectivity index (χ0) is 17.8. The van der Waals surface area contributed by atoms with E-state index in [1.54, 1.807) is 21.9 Å². The maximum Gasteiger partial charge on any atom is 0.371 e. The molecule has 2 aromatic rings. The van der Waals surface area contributed by atoms with Gasteiger partial charge in [-0.1, -0.05) is 18.2 Å². The zero-order valence-corrected chi connectivity index (χ0v) is 13.6. The van der Waals surface area contributed by atoms with Gasteiger partial charge in [-0.2, -0.15) is 0 Å². The second-order valence-corrected chi connectivity index (χ2v) is 5.77. The van der Waals surface area contributed by atoms with Crippen LogP contribution in [0.3, 0.4) is 0 Å². The number of carbonyl (C=O) groups excluding carboxylic acids is 2. The van der Waals surface area contributed by atoms with E-state index in [-0.39, 0.29) is 23.3 Å². The first-order chi connectivity index (χ1) is 12.1. The maximum atomic E-state index is 12.5. The van der Waals surface area contributed by atoms with Gasteiger partial charge in [0.15, 0.2) is 5.76 Å². The first-order valence-electron chi connectivity index (χ1n) is 8.03. The lowest BCUT2D eigenvalue weighted by Gasteiger charge is -2.21. The van der Waals surface area contributed by atoms with Gasteiger partial charge in [0.1, 0.15) is 0 Å². The fourth-order valence-corrected chi connectivity index (χ4v) is 2.81. The molecule has 1 aromatic heterocycles. The second-order valence-electron chi connectivity index (χ2n) is 5.77. The summed E-state index contributed by atoms with van der Waals surface area (Å²) >= 11 is 0. The van der Waals surface area contributed by atoms with E-state index in [0.29, 0.717) is 38.2 Å². The van der Waals surface area contributed by atoms with Crippen molar-refractivity contribution in [2.45, 2.75) is 6.42 Å².